The maximum Gasteiger partial charge on any atom is 0.271 e. The molecule has 0 bridgehead atoms. The fourth-order valence-electron chi connectivity index (χ4n) is 1.98. The van der Waals surface area contributed by atoms with Gasteiger partial charge in [-0.1, -0.05) is 6.07 Å². The Morgan fingerprint density at radius 1 is 1.19 bits per heavy atom. The first-order chi connectivity index (χ1) is 12.3. The number of nitro groups is 1. The molecule has 2 aromatic carbocycles. The summed E-state index contributed by atoms with van der Waals surface area (Å²) in [5.74, 6) is -0.706. The van der Waals surface area contributed by atoms with E-state index in [2.05, 4.69) is 38.4 Å². The van der Waals surface area contributed by atoms with Crippen LogP contribution >= 0.6 is 22.6 Å². The minimum atomic E-state index is -0.515. The number of nitrogens with one attached hydrogen (secondary N) is 2. The number of amides is 2. The molecule has 0 unspecified atom stereocenters. The SMILES string of the molecule is C/C(CC(=O)Nc1ccc([N+](=O)[O-])cc1)=N\NC(=O)c1cccc(I)c1. The van der Waals surface area contributed by atoms with Crippen molar-refractivity contribution in [1.29, 1.82) is 0 Å². The second kappa shape index (κ2) is 9.04. The number of hydrogen-bond acceptors (Lipinski definition) is 5. The van der Waals surface area contributed by atoms with Crippen molar-refractivity contribution in [2.45, 2.75) is 13.3 Å². The van der Waals surface area contributed by atoms with Crippen LogP contribution in [-0.4, -0.2) is 22.4 Å². The Balaban J connectivity index is 1.88. The number of rotatable bonds is 6. The largest absolute Gasteiger partial charge is 0.326 e. The molecule has 0 aliphatic rings. The minimum absolute atomic E-state index is 0.0242. The van der Waals surface area contributed by atoms with Crippen molar-refractivity contribution >= 4 is 51.5 Å². The van der Waals surface area contributed by atoms with E-state index in [4.69, 9.17) is 0 Å². The van der Waals surface area contributed by atoms with Crippen LogP contribution in [-0.2, 0) is 4.79 Å². The van der Waals surface area contributed by atoms with Crippen molar-refractivity contribution in [2.24, 2.45) is 5.10 Å². The van der Waals surface area contributed by atoms with Gasteiger partial charge in [0.15, 0.2) is 0 Å². The van der Waals surface area contributed by atoms with Gasteiger partial charge in [-0.3, -0.25) is 19.7 Å². The lowest BCUT2D eigenvalue weighted by atomic mass is 10.2. The minimum Gasteiger partial charge on any atom is -0.326 e. The van der Waals surface area contributed by atoms with Crippen LogP contribution in [0, 0.1) is 13.7 Å². The number of carbonyl (C=O) groups is 2. The summed E-state index contributed by atoms with van der Waals surface area (Å²) in [5.41, 5.74) is 3.69. The van der Waals surface area contributed by atoms with Crippen LogP contribution in [0.4, 0.5) is 11.4 Å². The van der Waals surface area contributed by atoms with Crippen LogP contribution in [0.3, 0.4) is 0 Å². The van der Waals surface area contributed by atoms with Gasteiger partial charge in [0.25, 0.3) is 11.6 Å². The number of hydrogen-bond donors (Lipinski definition) is 2. The highest BCUT2D eigenvalue weighted by atomic mass is 127. The number of nitrogens with zero attached hydrogens (tertiary/aromatic N) is 2. The lowest BCUT2D eigenvalue weighted by Gasteiger charge is -2.05. The van der Waals surface area contributed by atoms with Gasteiger partial charge in [-0.2, -0.15) is 5.10 Å². The summed E-state index contributed by atoms with van der Waals surface area (Å²) in [4.78, 5) is 34.0. The van der Waals surface area contributed by atoms with Gasteiger partial charge in [-0.15, -0.1) is 0 Å². The Morgan fingerprint density at radius 3 is 2.50 bits per heavy atom. The number of halogens is 1. The summed E-state index contributed by atoms with van der Waals surface area (Å²) in [5, 5.41) is 17.1. The fourth-order valence-corrected chi connectivity index (χ4v) is 2.53. The summed E-state index contributed by atoms with van der Waals surface area (Å²) < 4.78 is 0.929. The molecule has 9 heteroatoms. The maximum absolute atomic E-state index is 12.0. The summed E-state index contributed by atoms with van der Waals surface area (Å²) in [6, 6.07) is 12.5. The molecule has 0 fully saturated rings. The highest BCUT2D eigenvalue weighted by Gasteiger charge is 2.09. The zero-order valence-electron chi connectivity index (χ0n) is 13.7. The van der Waals surface area contributed by atoms with E-state index in [1.165, 1.54) is 24.3 Å². The first kappa shape index (κ1) is 19.5. The van der Waals surface area contributed by atoms with E-state index < -0.39 is 4.92 Å². The highest BCUT2D eigenvalue weighted by Crippen LogP contribution is 2.15. The van der Waals surface area contributed by atoms with E-state index in [1.54, 1.807) is 25.1 Å². The zero-order chi connectivity index (χ0) is 19.1. The molecule has 2 aromatic rings. The van der Waals surface area contributed by atoms with E-state index in [9.17, 15) is 19.7 Å². The molecule has 0 aromatic heterocycles. The molecule has 134 valence electrons. The van der Waals surface area contributed by atoms with Gasteiger partial charge >= 0.3 is 0 Å². The van der Waals surface area contributed by atoms with Crippen molar-refractivity contribution < 1.29 is 14.5 Å². The molecule has 2 rings (SSSR count). The molecule has 0 spiro atoms. The van der Waals surface area contributed by atoms with Crippen LogP contribution < -0.4 is 10.7 Å². The first-order valence-electron chi connectivity index (χ1n) is 7.48. The number of benzene rings is 2. The van der Waals surface area contributed by atoms with Crippen molar-refractivity contribution in [1.82, 2.24) is 5.43 Å². The highest BCUT2D eigenvalue weighted by molar-refractivity contribution is 14.1. The Labute approximate surface area is 163 Å². The van der Waals surface area contributed by atoms with Crippen molar-refractivity contribution in [3.05, 3.63) is 67.8 Å². The third-order valence-corrected chi connectivity index (χ3v) is 3.88. The third-order valence-electron chi connectivity index (χ3n) is 3.21. The molecule has 2 amide bonds. The summed E-state index contributed by atoms with van der Waals surface area (Å²) in [6.07, 6.45) is -0.0242. The molecule has 2 N–H and O–H groups in total. The Kier molecular flexibility index (Phi) is 6.78. The topological polar surface area (TPSA) is 114 Å². The standard InChI is InChI=1S/C17H15IN4O4/c1-11(20-21-17(24)12-3-2-4-13(18)10-12)9-16(23)19-14-5-7-15(8-6-14)22(25)26/h2-8,10H,9H2,1H3,(H,19,23)(H,21,24)/b20-11+. The normalized spacial score (nSPS) is 10.9. The van der Waals surface area contributed by atoms with Crippen LogP contribution in [0.1, 0.15) is 23.7 Å². The van der Waals surface area contributed by atoms with Gasteiger partial charge in [-0.05, 0) is 59.8 Å². The lowest BCUT2D eigenvalue weighted by Crippen LogP contribution is -2.21. The molecule has 0 saturated heterocycles. The number of anilines is 1. The average molecular weight is 466 g/mol. The van der Waals surface area contributed by atoms with E-state index in [0.717, 1.165) is 3.57 Å². The number of hydrazone groups is 1. The van der Waals surface area contributed by atoms with E-state index in [-0.39, 0.29) is 23.9 Å². The van der Waals surface area contributed by atoms with Gasteiger partial charge in [0, 0.05) is 32.7 Å². The molecule has 0 aliphatic carbocycles. The van der Waals surface area contributed by atoms with Crippen molar-refractivity contribution in [3.8, 4) is 0 Å². The second-order valence-corrected chi connectivity index (χ2v) is 6.57. The Bertz CT molecular complexity index is 865. The molecule has 0 heterocycles. The summed E-state index contributed by atoms with van der Waals surface area (Å²) in [6.45, 7) is 1.62. The summed E-state index contributed by atoms with van der Waals surface area (Å²) >= 11 is 2.11. The van der Waals surface area contributed by atoms with Gasteiger partial charge in [-0.25, -0.2) is 5.43 Å². The molecular weight excluding hydrogens is 451 g/mol. The number of non-ortho nitro benzene ring substituents is 1. The molecule has 0 saturated carbocycles. The summed E-state index contributed by atoms with van der Waals surface area (Å²) in [7, 11) is 0. The van der Waals surface area contributed by atoms with Crippen LogP contribution in [0.15, 0.2) is 53.6 Å². The van der Waals surface area contributed by atoms with Gasteiger partial charge in [0.2, 0.25) is 5.91 Å². The van der Waals surface area contributed by atoms with Gasteiger partial charge in [0.05, 0.1) is 11.3 Å². The van der Waals surface area contributed by atoms with Crippen LogP contribution in [0.5, 0.6) is 0 Å². The Hall–Kier alpha value is -2.82. The van der Waals surface area contributed by atoms with Crippen molar-refractivity contribution in [2.75, 3.05) is 5.32 Å². The first-order valence-corrected chi connectivity index (χ1v) is 8.56. The lowest BCUT2D eigenvalue weighted by molar-refractivity contribution is -0.384. The predicted molar refractivity (Wildman–Crippen MR) is 106 cm³/mol. The number of carbonyl (C=O) groups excluding carboxylic acids is 2. The van der Waals surface area contributed by atoms with Gasteiger partial charge in [0.1, 0.15) is 0 Å². The maximum atomic E-state index is 12.0. The molecule has 0 radical (unpaired) electrons. The van der Waals surface area contributed by atoms with Gasteiger partial charge < -0.3 is 5.32 Å². The quantitative estimate of drug-likeness (QED) is 0.294. The molecule has 0 aliphatic heterocycles. The third kappa shape index (κ3) is 5.92. The molecule has 26 heavy (non-hydrogen) atoms. The fraction of sp³-hybridized carbons (Fsp3) is 0.118. The number of nitro benzene ring substituents is 1. The Morgan fingerprint density at radius 2 is 1.88 bits per heavy atom. The van der Waals surface area contributed by atoms with E-state index >= 15 is 0 Å². The van der Waals surface area contributed by atoms with E-state index in [0.29, 0.717) is 17.0 Å². The average Bonchev–Trinajstić information content (AvgIpc) is 2.60. The zero-order valence-corrected chi connectivity index (χ0v) is 15.9. The second-order valence-electron chi connectivity index (χ2n) is 5.33. The van der Waals surface area contributed by atoms with Crippen LogP contribution in [0.2, 0.25) is 0 Å². The van der Waals surface area contributed by atoms with E-state index in [1.807, 2.05) is 6.07 Å². The monoisotopic (exact) mass is 466 g/mol. The van der Waals surface area contributed by atoms with Crippen molar-refractivity contribution in [3.63, 3.8) is 0 Å². The molecule has 8 nitrogen and oxygen atoms in total. The molecular formula is C17H15IN4O4. The smallest absolute Gasteiger partial charge is 0.271 e. The van der Waals surface area contributed by atoms with Crippen LogP contribution in [0.25, 0.3) is 0 Å². The predicted octanol–water partition coefficient (Wildman–Crippen LogP) is 3.33. The molecule has 0 atom stereocenters.